The summed E-state index contributed by atoms with van der Waals surface area (Å²) in [6.45, 7) is 2.05. The predicted molar refractivity (Wildman–Crippen MR) is 110 cm³/mol. The van der Waals surface area contributed by atoms with Gasteiger partial charge in [0, 0.05) is 11.3 Å². The molecule has 0 radical (unpaired) electrons. The summed E-state index contributed by atoms with van der Waals surface area (Å²) in [5.41, 5.74) is 3.11. The van der Waals surface area contributed by atoms with Crippen LogP contribution in [0.3, 0.4) is 0 Å². The number of carbonyl (C=O) groups excluding carboxylic acids is 1. The first-order valence-electron chi connectivity index (χ1n) is 9.17. The molecule has 0 atom stereocenters. The van der Waals surface area contributed by atoms with Gasteiger partial charge in [0.05, 0.1) is 5.56 Å². The van der Waals surface area contributed by atoms with E-state index in [0.29, 0.717) is 28.7 Å². The summed E-state index contributed by atoms with van der Waals surface area (Å²) in [6, 6.07) is 24.1. The van der Waals surface area contributed by atoms with Crippen molar-refractivity contribution in [3.8, 4) is 17.1 Å². The summed E-state index contributed by atoms with van der Waals surface area (Å²) in [7, 11) is 0. The minimum absolute atomic E-state index is 0.0640. The zero-order valence-corrected chi connectivity index (χ0v) is 15.8. The quantitative estimate of drug-likeness (QED) is 0.512. The van der Waals surface area contributed by atoms with Crippen molar-refractivity contribution in [2.45, 2.75) is 13.5 Å². The maximum atomic E-state index is 12.6. The zero-order chi connectivity index (χ0) is 20.1. The number of aryl methyl sites for hydroxylation is 1. The van der Waals surface area contributed by atoms with Crippen LogP contribution < -0.4 is 10.1 Å². The van der Waals surface area contributed by atoms with E-state index in [9.17, 15) is 4.79 Å². The first kappa shape index (κ1) is 18.4. The van der Waals surface area contributed by atoms with Crippen LogP contribution in [-0.2, 0) is 6.61 Å². The molecule has 0 saturated heterocycles. The molecule has 3 aromatic carbocycles. The summed E-state index contributed by atoms with van der Waals surface area (Å²) in [5, 5.41) is 6.89. The third-order valence-electron chi connectivity index (χ3n) is 4.37. The standard InChI is InChI=1S/C23H19N3O3/c1-16-9-5-6-12-18(16)22-25-21(29-26-22)15-28-20-14-8-7-13-19(20)23(27)24-17-10-3-2-4-11-17/h2-14H,15H2,1H3,(H,24,27). The number of para-hydroxylation sites is 2. The second-order valence-electron chi connectivity index (χ2n) is 6.43. The molecule has 0 fully saturated rings. The highest BCUT2D eigenvalue weighted by Gasteiger charge is 2.15. The molecule has 1 aromatic heterocycles. The molecule has 0 spiro atoms. The average Bonchev–Trinajstić information content (AvgIpc) is 3.22. The topological polar surface area (TPSA) is 77.2 Å². The number of ether oxygens (including phenoxy) is 1. The van der Waals surface area contributed by atoms with E-state index in [1.165, 1.54) is 0 Å². The second-order valence-corrected chi connectivity index (χ2v) is 6.43. The summed E-state index contributed by atoms with van der Waals surface area (Å²) < 4.78 is 11.1. The maximum Gasteiger partial charge on any atom is 0.264 e. The number of benzene rings is 3. The lowest BCUT2D eigenvalue weighted by molar-refractivity contribution is 0.102. The SMILES string of the molecule is Cc1ccccc1-c1noc(COc2ccccc2C(=O)Nc2ccccc2)n1. The Labute approximate surface area is 168 Å². The Hall–Kier alpha value is -3.93. The van der Waals surface area contributed by atoms with Crippen LogP contribution in [0.2, 0.25) is 0 Å². The van der Waals surface area contributed by atoms with Gasteiger partial charge >= 0.3 is 0 Å². The lowest BCUT2D eigenvalue weighted by Gasteiger charge is -2.10. The Morgan fingerprint density at radius 2 is 1.69 bits per heavy atom. The number of nitrogens with one attached hydrogen (secondary N) is 1. The number of hydrogen-bond acceptors (Lipinski definition) is 5. The van der Waals surface area contributed by atoms with Crippen LogP contribution in [0.25, 0.3) is 11.4 Å². The van der Waals surface area contributed by atoms with Gasteiger partial charge in [-0.3, -0.25) is 4.79 Å². The fourth-order valence-corrected chi connectivity index (χ4v) is 2.89. The van der Waals surface area contributed by atoms with Gasteiger partial charge in [0.1, 0.15) is 5.75 Å². The van der Waals surface area contributed by atoms with E-state index in [2.05, 4.69) is 15.5 Å². The molecule has 1 amide bonds. The van der Waals surface area contributed by atoms with E-state index in [0.717, 1.165) is 11.1 Å². The van der Waals surface area contributed by atoms with Gasteiger partial charge in [0.25, 0.3) is 11.8 Å². The van der Waals surface area contributed by atoms with Gasteiger partial charge in [-0.05, 0) is 36.8 Å². The summed E-state index contributed by atoms with van der Waals surface area (Å²) >= 11 is 0. The molecule has 6 heteroatoms. The van der Waals surface area contributed by atoms with Gasteiger partial charge in [0.15, 0.2) is 6.61 Å². The Morgan fingerprint density at radius 1 is 0.966 bits per heavy atom. The molecule has 29 heavy (non-hydrogen) atoms. The maximum absolute atomic E-state index is 12.6. The molecule has 0 saturated carbocycles. The van der Waals surface area contributed by atoms with Crippen molar-refractivity contribution in [2.75, 3.05) is 5.32 Å². The normalized spacial score (nSPS) is 10.5. The van der Waals surface area contributed by atoms with E-state index in [1.54, 1.807) is 24.3 Å². The molecule has 0 aliphatic carbocycles. The van der Waals surface area contributed by atoms with Crippen molar-refractivity contribution in [2.24, 2.45) is 0 Å². The number of amides is 1. The molecule has 1 heterocycles. The molecule has 1 N–H and O–H groups in total. The number of anilines is 1. The molecule has 0 aliphatic heterocycles. The fraction of sp³-hybridized carbons (Fsp3) is 0.0870. The van der Waals surface area contributed by atoms with Crippen LogP contribution in [0.4, 0.5) is 5.69 Å². The third-order valence-corrected chi connectivity index (χ3v) is 4.37. The molecule has 6 nitrogen and oxygen atoms in total. The summed E-state index contributed by atoms with van der Waals surface area (Å²) in [4.78, 5) is 17.0. The second kappa shape index (κ2) is 8.39. The van der Waals surface area contributed by atoms with Gasteiger partial charge in [-0.25, -0.2) is 0 Å². The molecule has 4 aromatic rings. The minimum atomic E-state index is -0.252. The highest BCUT2D eigenvalue weighted by Crippen LogP contribution is 2.23. The van der Waals surface area contributed by atoms with E-state index >= 15 is 0 Å². The van der Waals surface area contributed by atoms with E-state index in [1.807, 2.05) is 61.5 Å². The van der Waals surface area contributed by atoms with Gasteiger partial charge < -0.3 is 14.6 Å². The monoisotopic (exact) mass is 385 g/mol. The molecule has 0 aliphatic rings. The van der Waals surface area contributed by atoms with Crippen LogP contribution in [-0.4, -0.2) is 16.0 Å². The van der Waals surface area contributed by atoms with Gasteiger partial charge in [-0.2, -0.15) is 4.98 Å². The predicted octanol–water partition coefficient (Wildman–Crippen LogP) is 4.88. The Balaban J connectivity index is 1.47. The van der Waals surface area contributed by atoms with Crippen molar-refractivity contribution in [1.82, 2.24) is 10.1 Å². The van der Waals surface area contributed by atoms with Crippen LogP contribution in [0.1, 0.15) is 21.8 Å². The van der Waals surface area contributed by atoms with Gasteiger partial charge in [0.2, 0.25) is 5.82 Å². The zero-order valence-electron chi connectivity index (χ0n) is 15.8. The number of hydrogen-bond donors (Lipinski definition) is 1. The lowest BCUT2D eigenvalue weighted by Crippen LogP contribution is -2.13. The molecular weight excluding hydrogens is 366 g/mol. The third kappa shape index (κ3) is 4.32. The Morgan fingerprint density at radius 3 is 2.52 bits per heavy atom. The summed E-state index contributed by atoms with van der Waals surface area (Å²) in [6.07, 6.45) is 0. The summed E-state index contributed by atoms with van der Waals surface area (Å²) in [5.74, 6) is 1.04. The van der Waals surface area contributed by atoms with Crippen LogP contribution in [0.5, 0.6) is 5.75 Å². The van der Waals surface area contributed by atoms with Gasteiger partial charge in [-0.15, -0.1) is 0 Å². The van der Waals surface area contributed by atoms with Crippen LogP contribution >= 0.6 is 0 Å². The molecular formula is C23H19N3O3. The lowest BCUT2D eigenvalue weighted by atomic mass is 10.1. The molecule has 4 rings (SSSR count). The van der Waals surface area contributed by atoms with Crippen molar-refractivity contribution in [3.63, 3.8) is 0 Å². The van der Waals surface area contributed by atoms with Crippen LogP contribution in [0.15, 0.2) is 83.4 Å². The van der Waals surface area contributed by atoms with Gasteiger partial charge in [-0.1, -0.05) is 59.8 Å². The number of carbonyl (C=O) groups is 1. The molecule has 0 unspecified atom stereocenters. The average molecular weight is 385 g/mol. The number of nitrogens with zero attached hydrogens (tertiary/aromatic N) is 2. The highest BCUT2D eigenvalue weighted by atomic mass is 16.5. The van der Waals surface area contributed by atoms with E-state index < -0.39 is 0 Å². The fourth-order valence-electron chi connectivity index (χ4n) is 2.89. The number of aromatic nitrogens is 2. The van der Waals surface area contributed by atoms with Crippen molar-refractivity contribution in [3.05, 3.63) is 95.9 Å². The minimum Gasteiger partial charge on any atom is -0.483 e. The Kier molecular flexibility index (Phi) is 5.33. The van der Waals surface area contributed by atoms with Crippen LogP contribution in [0, 0.1) is 6.92 Å². The highest BCUT2D eigenvalue weighted by molar-refractivity contribution is 6.06. The number of rotatable bonds is 6. The molecule has 0 bridgehead atoms. The van der Waals surface area contributed by atoms with E-state index in [4.69, 9.17) is 9.26 Å². The molecule has 144 valence electrons. The Bertz CT molecular complexity index is 1120. The smallest absolute Gasteiger partial charge is 0.264 e. The largest absolute Gasteiger partial charge is 0.483 e. The van der Waals surface area contributed by atoms with Crippen molar-refractivity contribution in [1.29, 1.82) is 0 Å². The first-order chi connectivity index (χ1) is 14.2. The van der Waals surface area contributed by atoms with Crippen molar-refractivity contribution >= 4 is 11.6 Å². The van der Waals surface area contributed by atoms with E-state index in [-0.39, 0.29) is 12.5 Å². The first-order valence-corrected chi connectivity index (χ1v) is 9.17. The van der Waals surface area contributed by atoms with Crippen molar-refractivity contribution < 1.29 is 14.1 Å².